The normalized spacial score (nSPS) is 14.3. The molecule has 0 heterocycles. The average Bonchev–Trinajstić information content (AvgIpc) is 0.918. The molecule has 5 atom stereocenters. The molecule has 0 bridgehead atoms. The fourth-order valence-electron chi connectivity index (χ4n) is 11.2. The van der Waals surface area contributed by atoms with E-state index in [1.807, 2.05) is 0 Å². The van der Waals surface area contributed by atoms with Crippen LogP contribution in [0.5, 0.6) is 0 Å². The maximum atomic E-state index is 13.1. The minimum atomic E-state index is -4.98. The number of unbranched alkanes of at least 4 members (excludes halogenated alkanes) is 36. The fraction of sp³-hybridized carbons (Fsp3) is 0.765. The number of hydrogen-bond donors (Lipinski definition) is 3. The number of phosphoric ester groups is 2. The smallest absolute Gasteiger partial charge is 0.462 e. The van der Waals surface area contributed by atoms with E-state index in [9.17, 15) is 43.2 Å². The Balaban J connectivity index is 5.39. The van der Waals surface area contributed by atoms with E-state index in [0.29, 0.717) is 25.7 Å². The molecule has 0 aromatic heterocycles. The van der Waals surface area contributed by atoms with Gasteiger partial charge in [-0.3, -0.25) is 37.3 Å². The lowest BCUT2D eigenvalue weighted by Gasteiger charge is -2.21. The van der Waals surface area contributed by atoms with Gasteiger partial charge in [0.05, 0.1) is 26.4 Å². The molecular weight excluding hydrogens is 1350 g/mol. The van der Waals surface area contributed by atoms with E-state index in [0.717, 1.165) is 161 Å². The third-order valence-corrected chi connectivity index (χ3v) is 19.4. The third-order valence-electron chi connectivity index (χ3n) is 17.5. The molecule has 0 amide bonds. The monoisotopic (exact) mass is 1510 g/mol. The van der Waals surface area contributed by atoms with Gasteiger partial charge in [-0.05, 0) is 128 Å². The Bertz CT molecular complexity index is 2350. The average molecular weight is 1510 g/mol. The summed E-state index contributed by atoms with van der Waals surface area (Å²) in [4.78, 5) is 73.1. The summed E-state index contributed by atoms with van der Waals surface area (Å²) in [7, 11) is -9.97. The largest absolute Gasteiger partial charge is 0.472 e. The first-order valence-corrected chi connectivity index (χ1v) is 44.5. The van der Waals surface area contributed by atoms with Gasteiger partial charge in [-0.25, -0.2) is 9.13 Å². The first kappa shape index (κ1) is 100.0. The standard InChI is InChI=1S/C85H150O17P2/c1-5-9-13-17-21-25-29-33-37-38-39-40-44-46-50-54-58-62-66-70-83(88)96-76-81(102-85(90)72-68-64-60-56-52-48-43-36-32-28-24-20-16-12-8-4)78-100-104(93,94)98-74-79(86)73-97-103(91,92)99-77-80(101-84(89)71-67-63-59-55-51-47-42-35-31-27-23-19-15-11-7-3)75-95-82(87)69-65-61-57-53-49-45-41-34-30-26-22-18-14-10-6-2/h9,13,21-22,25-26,33-35,37,39-42,46,50,79-81,86H,5-8,10-12,14-20,23-24,27-32,36,38,43-45,47-49,51-78H2,1-4H3,(H,91,92)(H,93,94)/b13-9-,25-21-,26-22-,37-33-,40-39-,41-34-,42-35-,50-46-. The Kier molecular flexibility index (Phi) is 74.2. The number of aliphatic hydroxyl groups excluding tert-OH is 1. The highest BCUT2D eigenvalue weighted by Crippen LogP contribution is 2.45. The zero-order valence-corrected chi connectivity index (χ0v) is 67.7. The molecule has 0 saturated heterocycles. The molecule has 0 aromatic rings. The number of phosphoric acid groups is 2. The number of rotatable bonds is 78. The molecule has 0 rings (SSSR count). The molecule has 0 aromatic carbocycles. The van der Waals surface area contributed by atoms with Crippen LogP contribution in [-0.2, 0) is 65.4 Å². The van der Waals surface area contributed by atoms with Crippen molar-refractivity contribution in [2.45, 2.75) is 380 Å². The molecule has 104 heavy (non-hydrogen) atoms. The maximum Gasteiger partial charge on any atom is 0.472 e. The van der Waals surface area contributed by atoms with Crippen molar-refractivity contribution in [3.63, 3.8) is 0 Å². The van der Waals surface area contributed by atoms with Gasteiger partial charge >= 0.3 is 39.5 Å². The van der Waals surface area contributed by atoms with Crippen LogP contribution in [0.4, 0.5) is 0 Å². The van der Waals surface area contributed by atoms with Crippen LogP contribution in [0, 0.1) is 0 Å². The van der Waals surface area contributed by atoms with Crippen LogP contribution in [0.2, 0.25) is 0 Å². The number of carbonyl (C=O) groups excluding carboxylic acids is 4. The highest BCUT2D eigenvalue weighted by molar-refractivity contribution is 7.47. The third kappa shape index (κ3) is 76.2. The highest BCUT2D eigenvalue weighted by atomic mass is 31.2. The first-order valence-electron chi connectivity index (χ1n) is 41.5. The molecule has 0 radical (unpaired) electrons. The molecule has 17 nitrogen and oxygen atoms in total. The van der Waals surface area contributed by atoms with Crippen molar-refractivity contribution >= 4 is 39.5 Å². The quantitative estimate of drug-likeness (QED) is 0.0169. The van der Waals surface area contributed by atoms with Crippen LogP contribution in [0.1, 0.15) is 362 Å². The Morgan fingerprint density at radius 1 is 0.279 bits per heavy atom. The summed E-state index contributed by atoms with van der Waals surface area (Å²) in [6.07, 6.45) is 82.3. The van der Waals surface area contributed by atoms with Crippen molar-refractivity contribution < 1.29 is 80.2 Å². The number of allylic oxidation sites excluding steroid dienone is 16. The van der Waals surface area contributed by atoms with Gasteiger partial charge < -0.3 is 33.8 Å². The van der Waals surface area contributed by atoms with E-state index < -0.39 is 97.5 Å². The van der Waals surface area contributed by atoms with Gasteiger partial charge in [0.2, 0.25) is 0 Å². The molecule has 0 aliphatic rings. The second-order valence-electron chi connectivity index (χ2n) is 27.7. The maximum absolute atomic E-state index is 13.1. The summed E-state index contributed by atoms with van der Waals surface area (Å²) in [5.41, 5.74) is 0. The van der Waals surface area contributed by atoms with Crippen molar-refractivity contribution in [2.24, 2.45) is 0 Å². The fourth-order valence-corrected chi connectivity index (χ4v) is 12.8. The predicted molar refractivity (Wildman–Crippen MR) is 427 cm³/mol. The van der Waals surface area contributed by atoms with Crippen molar-refractivity contribution in [2.75, 3.05) is 39.6 Å². The molecule has 0 saturated carbocycles. The number of ether oxygens (including phenoxy) is 4. The molecule has 5 unspecified atom stereocenters. The van der Waals surface area contributed by atoms with E-state index in [1.54, 1.807) is 0 Å². The van der Waals surface area contributed by atoms with Gasteiger partial charge in [-0.15, -0.1) is 0 Å². The van der Waals surface area contributed by atoms with Crippen LogP contribution in [-0.4, -0.2) is 96.7 Å². The molecule has 0 aliphatic heterocycles. The van der Waals surface area contributed by atoms with Crippen LogP contribution < -0.4 is 0 Å². The topological polar surface area (TPSA) is 237 Å². The predicted octanol–water partition coefficient (Wildman–Crippen LogP) is 24.3. The number of hydrogen-bond acceptors (Lipinski definition) is 15. The molecule has 3 N–H and O–H groups in total. The number of aliphatic hydroxyl groups is 1. The number of carbonyl (C=O) groups is 4. The Morgan fingerprint density at radius 2 is 0.500 bits per heavy atom. The summed E-state index contributed by atoms with van der Waals surface area (Å²) in [6, 6.07) is 0. The summed E-state index contributed by atoms with van der Waals surface area (Å²) in [5, 5.41) is 10.7. The van der Waals surface area contributed by atoms with Gasteiger partial charge in [0, 0.05) is 25.7 Å². The van der Waals surface area contributed by atoms with Gasteiger partial charge in [0.15, 0.2) is 12.2 Å². The van der Waals surface area contributed by atoms with Crippen LogP contribution in [0.15, 0.2) is 97.2 Å². The Hall–Kier alpha value is -4.02. The van der Waals surface area contributed by atoms with E-state index in [2.05, 4.69) is 125 Å². The van der Waals surface area contributed by atoms with Crippen molar-refractivity contribution in [3.05, 3.63) is 97.2 Å². The van der Waals surface area contributed by atoms with Crippen LogP contribution in [0.3, 0.4) is 0 Å². The first-order chi connectivity index (χ1) is 50.7. The summed E-state index contributed by atoms with van der Waals surface area (Å²) >= 11 is 0. The Labute approximate surface area is 633 Å². The lowest BCUT2D eigenvalue weighted by atomic mass is 10.0. The highest BCUT2D eigenvalue weighted by Gasteiger charge is 2.30. The van der Waals surface area contributed by atoms with Crippen molar-refractivity contribution in [3.8, 4) is 0 Å². The van der Waals surface area contributed by atoms with Crippen molar-refractivity contribution in [1.82, 2.24) is 0 Å². The summed E-state index contributed by atoms with van der Waals surface area (Å²) < 4.78 is 68.7. The molecule has 0 spiro atoms. The lowest BCUT2D eigenvalue weighted by molar-refractivity contribution is -0.161. The minimum absolute atomic E-state index is 0.0830. The second kappa shape index (κ2) is 77.1. The lowest BCUT2D eigenvalue weighted by Crippen LogP contribution is -2.30. The molecular formula is C85H150O17P2. The van der Waals surface area contributed by atoms with Gasteiger partial charge in [-0.1, -0.05) is 305 Å². The van der Waals surface area contributed by atoms with Gasteiger partial charge in [0.1, 0.15) is 19.3 Å². The summed E-state index contributed by atoms with van der Waals surface area (Å²) in [6.45, 7) is 4.73. The van der Waals surface area contributed by atoms with E-state index >= 15 is 0 Å². The van der Waals surface area contributed by atoms with Crippen molar-refractivity contribution in [1.29, 1.82) is 0 Å². The minimum Gasteiger partial charge on any atom is -0.462 e. The van der Waals surface area contributed by atoms with E-state index in [-0.39, 0.29) is 25.7 Å². The zero-order chi connectivity index (χ0) is 76.0. The Morgan fingerprint density at radius 3 is 0.808 bits per heavy atom. The van der Waals surface area contributed by atoms with Crippen LogP contribution in [0.25, 0.3) is 0 Å². The number of esters is 4. The summed E-state index contributed by atoms with van der Waals surface area (Å²) in [5.74, 6) is -2.21. The molecule has 0 fully saturated rings. The van der Waals surface area contributed by atoms with Crippen LogP contribution >= 0.6 is 15.6 Å². The van der Waals surface area contributed by atoms with E-state index in [4.69, 9.17) is 37.0 Å². The van der Waals surface area contributed by atoms with Gasteiger partial charge in [-0.2, -0.15) is 0 Å². The molecule has 19 heteroatoms. The molecule has 602 valence electrons. The second-order valence-corrected chi connectivity index (χ2v) is 30.6. The van der Waals surface area contributed by atoms with Gasteiger partial charge in [0.25, 0.3) is 0 Å². The SMILES string of the molecule is CC/C=C\C/C=C\C/C=C\C/C=C\C/C=C\CCCCCC(=O)OCC(COP(=O)(O)OCC(O)COP(=O)(O)OCC(COC(=O)CCCCCCC/C=C\C/C=C\CCCCC)OC(=O)CCCCCCC/C=C\CCCCCCCC)OC(=O)CCCCCCCCCCCCCCCCC. The zero-order valence-electron chi connectivity index (χ0n) is 65.9. The molecule has 0 aliphatic carbocycles. The van der Waals surface area contributed by atoms with E-state index in [1.165, 1.54) is 122 Å².